The number of anilines is 2. The molecule has 10 aromatic rings. The van der Waals surface area contributed by atoms with E-state index in [1.165, 1.54) is 91.8 Å². The van der Waals surface area contributed by atoms with Gasteiger partial charge >= 0.3 is 0 Å². The highest BCUT2D eigenvalue weighted by atomic mass is 32.1. The molecule has 0 bridgehead atoms. The molecule has 1 N–H and O–H groups in total. The van der Waals surface area contributed by atoms with E-state index in [0.29, 0.717) is 0 Å². The standard InChI is InChI=1S/C54H49BN2OS/c1-52(2,3)30-14-18-33(19-15-30)56-41-28-39-34-20-16-32(54(7,8)9)27-46(34)59-47(39)29-38(41)35-21-22-37-48-43(24-25-45-49(48)36-12-10-11-13-44(36)58-45)57-42-23-17-31(53(4,5)6)26-40(42)55-50(35)51(37)57/h10-29,55-56H,1-9H3. The molecule has 59 heavy (non-hydrogen) atoms. The summed E-state index contributed by atoms with van der Waals surface area (Å²) in [6, 6.07) is 45.9. The van der Waals surface area contributed by atoms with Crippen molar-refractivity contribution in [2.45, 2.75) is 78.6 Å². The molecule has 0 spiro atoms. The Morgan fingerprint density at radius 2 is 1.22 bits per heavy atom. The molecule has 0 saturated carbocycles. The van der Waals surface area contributed by atoms with E-state index in [1.54, 1.807) is 0 Å². The third-order valence-corrected chi connectivity index (χ3v) is 14.0. The monoisotopic (exact) mass is 784 g/mol. The zero-order valence-electron chi connectivity index (χ0n) is 35.5. The summed E-state index contributed by atoms with van der Waals surface area (Å²) in [7, 11) is 0.844. The predicted molar refractivity (Wildman–Crippen MR) is 259 cm³/mol. The number of benzene rings is 7. The van der Waals surface area contributed by atoms with E-state index in [0.717, 1.165) is 35.2 Å². The molecule has 0 saturated heterocycles. The summed E-state index contributed by atoms with van der Waals surface area (Å²) >= 11 is 1.91. The molecule has 4 heterocycles. The fraction of sp³-hybridized carbons (Fsp3) is 0.222. The van der Waals surface area contributed by atoms with Gasteiger partial charge in [-0.3, -0.25) is 0 Å². The summed E-state index contributed by atoms with van der Waals surface area (Å²) in [4.78, 5) is 0. The molecule has 0 unspecified atom stereocenters. The van der Waals surface area contributed by atoms with Crippen molar-refractivity contribution in [1.82, 2.24) is 4.57 Å². The van der Waals surface area contributed by atoms with E-state index < -0.39 is 0 Å². The topological polar surface area (TPSA) is 30.1 Å². The zero-order valence-corrected chi connectivity index (χ0v) is 36.3. The number of fused-ring (bicyclic) bond motifs is 12. The van der Waals surface area contributed by atoms with Gasteiger partial charge in [0.15, 0.2) is 7.28 Å². The number of hydrogen-bond donors (Lipinski definition) is 1. The Bertz CT molecular complexity index is 3370. The first kappa shape index (κ1) is 36.3. The summed E-state index contributed by atoms with van der Waals surface area (Å²) in [6.07, 6.45) is 0. The van der Waals surface area contributed by atoms with Crippen LogP contribution in [0.25, 0.3) is 80.7 Å². The number of nitrogens with one attached hydrogen (secondary N) is 1. The Morgan fingerprint density at radius 3 is 1.98 bits per heavy atom. The molecule has 0 fully saturated rings. The first-order valence-corrected chi connectivity index (χ1v) is 21.9. The molecule has 1 aliphatic heterocycles. The maximum Gasteiger partial charge on any atom is 0.198 e. The molecule has 0 aliphatic carbocycles. The van der Waals surface area contributed by atoms with Gasteiger partial charge in [-0.2, -0.15) is 0 Å². The van der Waals surface area contributed by atoms with Gasteiger partial charge in [-0.25, -0.2) is 0 Å². The summed E-state index contributed by atoms with van der Waals surface area (Å²) in [6.45, 7) is 20.7. The van der Waals surface area contributed by atoms with Crippen molar-refractivity contribution >= 4 is 105 Å². The van der Waals surface area contributed by atoms with Crippen LogP contribution in [0.2, 0.25) is 0 Å². The number of furan rings is 1. The lowest BCUT2D eigenvalue weighted by Gasteiger charge is -2.26. The lowest BCUT2D eigenvalue weighted by Crippen LogP contribution is -2.38. The van der Waals surface area contributed by atoms with E-state index in [9.17, 15) is 0 Å². The van der Waals surface area contributed by atoms with Crippen molar-refractivity contribution in [2.24, 2.45) is 0 Å². The van der Waals surface area contributed by atoms with Gasteiger partial charge in [0.25, 0.3) is 0 Å². The lowest BCUT2D eigenvalue weighted by atomic mass is 9.58. The Hall–Kier alpha value is -5.78. The highest BCUT2D eigenvalue weighted by Crippen LogP contribution is 2.46. The smallest absolute Gasteiger partial charge is 0.198 e. The van der Waals surface area contributed by atoms with Crippen LogP contribution < -0.4 is 16.2 Å². The van der Waals surface area contributed by atoms with Crippen molar-refractivity contribution in [3.8, 4) is 16.8 Å². The van der Waals surface area contributed by atoms with Gasteiger partial charge in [-0.1, -0.05) is 135 Å². The van der Waals surface area contributed by atoms with Crippen LogP contribution in [0.15, 0.2) is 126 Å². The molecule has 0 amide bonds. The minimum atomic E-state index is 0.0312. The van der Waals surface area contributed by atoms with Crippen LogP contribution >= 0.6 is 11.3 Å². The second-order valence-electron chi connectivity index (χ2n) is 19.9. The third kappa shape index (κ3) is 5.61. The summed E-state index contributed by atoms with van der Waals surface area (Å²) < 4.78 is 11.7. The molecular weight excluding hydrogens is 735 g/mol. The van der Waals surface area contributed by atoms with E-state index in [2.05, 4.69) is 194 Å². The van der Waals surface area contributed by atoms with Crippen molar-refractivity contribution in [2.75, 3.05) is 5.32 Å². The summed E-state index contributed by atoms with van der Waals surface area (Å²) in [5.41, 5.74) is 17.3. The largest absolute Gasteiger partial charge is 0.456 e. The summed E-state index contributed by atoms with van der Waals surface area (Å²) in [5.74, 6) is 0. The van der Waals surface area contributed by atoms with Gasteiger partial charge in [0.05, 0.1) is 5.52 Å². The van der Waals surface area contributed by atoms with Gasteiger partial charge in [-0.05, 0) is 98.6 Å². The number of nitrogens with zero attached hydrogens (tertiary/aromatic N) is 1. The summed E-state index contributed by atoms with van der Waals surface area (Å²) in [5, 5.41) is 11.5. The molecule has 3 nitrogen and oxygen atoms in total. The van der Waals surface area contributed by atoms with Gasteiger partial charge < -0.3 is 14.3 Å². The predicted octanol–water partition coefficient (Wildman–Crippen LogP) is 14.1. The van der Waals surface area contributed by atoms with Crippen molar-refractivity contribution < 1.29 is 4.42 Å². The van der Waals surface area contributed by atoms with E-state index >= 15 is 0 Å². The fourth-order valence-corrected chi connectivity index (χ4v) is 10.8. The number of thiophene rings is 1. The van der Waals surface area contributed by atoms with Gasteiger partial charge in [0.2, 0.25) is 0 Å². The third-order valence-electron chi connectivity index (χ3n) is 12.9. The van der Waals surface area contributed by atoms with Gasteiger partial charge in [-0.15, -0.1) is 11.3 Å². The first-order chi connectivity index (χ1) is 28.1. The fourth-order valence-electron chi connectivity index (χ4n) is 9.59. The normalized spacial score (nSPS) is 13.3. The molecule has 290 valence electrons. The minimum Gasteiger partial charge on any atom is -0.456 e. The second-order valence-corrected chi connectivity index (χ2v) is 21.0. The number of rotatable bonds is 3. The van der Waals surface area contributed by atoms with Crippen LogP contribution in [0.1, 0.15) is 79.0 Å². The zero-order chi connectivity index (χ0) is 40.7. The average molecular weight is 785 g/mol. The van der Waals surface area contributed by atoms with Crippen LogP contribution in [0.4, 0.5) is 11.4 Å². The van der Waals surface area contributed by atoms with E-state index in [-0.39, 0.29) is 16.2 Å². The molecule has 7 aromatic carbocycles. The SMILES string of the molecule is CC(C)(C)c1ccc(Nc2cc3c(cc2-c2ccc4c5c6c(ccc5n5c4c2Bc2cc(C(C)(C)C)ccc2-5)oc2ccccc26)sc2cc(C(C)(C)C)ccc23)cc1. The maximum absolute atomic E-state index is 6.49. The number of hydrogen-bond acceptors (Lipinski definition) is 3. The molecule has 3 aromatic heterocycles. The average Bonchev–Trinajstić information content (AvgIpc) is 3.86. The highest BCUT2D eigenvalue weighted by Gasteiger charge is 2.30. The molecule has 0 radical (unpaired) electrons. The highest BCUT2D eigenvalue weighted by molar-refractivity contribution is 7.25. The number of para-hydroxylation sites is 1. The Morgan fingerprint density at radius 1 is 0.542 bits per heavy atom. The van der Waals surface area contributed by atoms with Crippen molar-refractivity contribution in [3.05, 3.63) is 138 Å². The molecular formula is C54H49BN2OS. The van der Waals surface area contributed by atoms with Crippen LogP contribution in [0.3, 0.4) is 0 Å². The Kier molecular flexibility index (Phi) is 7.62. The first-order valence-electron chi connectivity index (χ1n) is 21.0. The molecule has 11 rings (SSSR count). The molecule has 1 aliphatic rings. The van der Waals surface area contributed by atoms with Crippen LogP contribution in [0, 0.1) is 0 Å². The van der Waals surface area contributed by atoms with Crippen LogP contribution in [0.5, 0.6) is 0 Å². The Balaban J connectivity index is 1.21. The molecule has 0 atom stereocenters. The van der Waals surface area contributed by atoms with Crippen molar-refractivity contribution in [3.63, 3.8) is 0 Å². The minimum absolute atomic E-state index is 0.0312. The van der Waals surface area contributed by atoms with Gasteiger partial charge in [0, 0.05) is 69.9 Å². The quantitative estimate of drug-likeness (QED) is 0.181. The lowest BCUT2D eigenvalue weighted by molar-refractivity contribution is 0.590. The second kappa shape index (κ2) is 12.4. The van der Waals surface area contributed by atoms with Gasteiger partial charge in [0.1, 0.15) is 11.2 Å². The van der Waals surface area contributed by atoms with Crippen molar-refractivity contribution in [1.29, 1.82) is 0 Å². The maximum atomic E-state index is 6.49. The van der Waals surface area contributed by atoms with Crippen LogP contribution in [-0.2, 0) is 16.2 Å². The molecule has 5 heteroatoms. The van der Waals surface area contributed by atoms with E-state index in [4.69, 9.17) is 4.42 Å². The number of aromatic nitrogens is 1. The van der Waals surface area contributed by atoms with Crippen LogP contribution in [-0.4, -0.2) is 11.8 Å². The van der Waals surface area contributed by atoms with E-state index in [1.807, 2.05) is 11.3 Å². The Labute approximate surface area is 350 Å².